The van der Waals surface area contributed by atoms with Gasteiger partial charge in [0.05, 0.1) is 45.6 Å². The molecule has 0 saturated carbocycles. The van der Waals surface area contributed by atoms with E-state index in [4.69, 9.17) is 20.0 Å². The molecule has 4 aliphatic heterocycles. The summed E-state index contributed by atoms with van der Waals surface area (Å²) in [6.07, 6.45) is 8.70. The number of aromatic amines is 4. The standard InChI is InChI=1S/C96H74N8/c1-55-9-25-63(26-10-55)87-71-53-85(93(69-37-21-61(7)22-38-69)83-51-49-81(101-83)91(67-33-17-59(5)18-34-67)79-47-45-77(99-79)89(75-43-41-73(87)97-75)65-29-13-57(3)14-30-65)103-95(71)96-72-54-86(104-96)94(70-39-23-62(8)24-40-70)84-52-50-82(102-84)92(68-35-19-60(6)20-36-68)80-48-46-78(100-80)90(66-31-15-58(4)16-32-66)76-44-42-74(98-76)88(72)64-27-11-56(2)12-28-64/h9-54,97-98,101-102H,1-8H3. The molecule has 8 nitrogen and oxygen atoms in total. The largest absolute Gasteiger partial charge is 0.354 e. The molecule has 4 N–H and O–H groups in total. The number of rotatable bonds is 9. The van der Waals surface area contributed by atoms with E-state index in [9.17, 15) is 0 Å². The number of aliphatic imine (C=N–C) groups is 2. The van der Waals surface area contributed by atoms with Crippen molar-refractivity contribution in [1.82, 2.24) is 29.9 Å². The van der Waals surface area contributed by atoms with Crippen molar-refractivity contribution in [2.75, 3.05) is 0 Å². The van der Waals surface area contributed by atoms with Gasteiger partial charge in [0.2, 0.25) is 0 Å². The van der Waals surface area contributed by atoms with E-state index in [1.54, 1.807) is 0 Å². The van der Waals surface area contributed by atoms with Crippen molar-refractivity contribution >= 4 is 91.2 Å². The number of nitrogens with one attached hydrogen (secondary N) is 4. The number of aromatic nitrogens is 6. The molecular formula is C96H74N8. The number of fused-ring (bicyclic) bond motifs is 16. The summed E-state index contributed by atoms with van der Waals surface area (Å²) in [7, 11) is 0. The highest BCUT2D eigenvalue weighted by Crippen LogP contribution is 2.48. The van der Waals surface area contributed by atoms with Gasteiger partial charge in [-0.15, -0.1) is 0 Å². The first kappa shape index (κ1) is 63.2. The molecule has 8 aromatic carbocycles. The number of hydrogen-bond acceptors (Lipinski definition) is 4. The maximum atomic E-state index is 6.23. The smallest absolute Gasteiger partial charge is 0.0980 e. The van der Waals surface area contributed by atoms with Crippen molar-refractivity contribution in [3.63, 3.8) is 0 Å². The Bertz CT molecular complexity index is 5930. The first-order valence-electron chi connectivity index (χ1n) is 35.7. The van der Waals surface area contributed by atoms with Crippen LogP contribution in [0.2, 0.25) is 0 Å². The second kappa shape index (κ2) is 25.5. The van der Waals surface area contributed by atoms with E-state index >= 15 is 0 Å². The molecule has 0 amide bonds. The third-order valence-electron chi connectivity index (χ3n) is 20.7. The molecule has 0 radical (unpaired) electrons. The zero-order valence-electron chi connectivity index (χ0n) is 59.3. The SMILES string of the molecule is Cc1ccc(-c2c3cc(c(-c4ccc(C)cc4)c4ccc([nH]4)c(-c4ccc(C)cc4)c4nc(c(-c5ccc(C)cc5)c5ccc2[nH]5)C=C4)C(C2=Nc4cc2c(-c2ccc(C)cc2)c2ccc([nH]2)c(-c2ccc(C)cc2)c2nc(c(-c5ccc(C)cc5)c5ccc([nH]5)c4-c4ccc(C)cc4)C=C2)=N3)cc1. The van der Waals surface area contributed by atoms with E-state index in [-0.39, 0.29) is 0 Å². The van der Waals surface area contributed by atoms with E-state index in [2.05, 4.69) is 354 Å². The third-order valence-corrected chi connectivity index (χ3v) is 20.7. The molecule has 16 bridgehead atoms. The lowest BCUT2D eigenvalue weighted by Crippen LogP contribution is -2.15. The second-order valence-corrected chi connectivity index (χ2v) is 28.3. The topological polar surface area (TPSA) is 114 Å². The first-order valence-corrected chi connectivity index (χ1v) is 35.7. The van der Waals surface area contributed by atoms with Gasteiger partial charge in [-0.2, -0.15) is 0 Å². The quantitative estimate of drug-likeness (QED) is 0.115. The predicted octanol–water partition coefficient (Wildman–Crippen LogP) is 25.2. The molecule has 0 unspecified atom stereocenters. The zero-order chi connectivity index (χ0) is 70.4. The number of hydrogen-bond donors (Lipinski definition) is 4. The molecule has 0 spiro atoms. The van der Waals surface area contributed by atoms with Gasteiger partial charge in [0.15, 0.2) is 0 Å². The van der Waals surface area contributed by atoms with Gasteiger partial charge < -0.3 is 19.9 Å². The van der Waals surface area contributed by atoms with Crippen LogP contribution in [0.4, 0.5) is 11.4 Å². The average Bonchev–Trinajstić information content (AvgIpc) is 1.58. The Labute approximate surface area is 605 Å². The molecule has 0 saturated heterocycles. The van der Waals surface area contributed by atoms with Crippen molar-refractivity contribution in [2.45, 2.75) is 55.4 Å². The Hall–Kier alpha value is -13.0. The first-order chi connectivity index (χ1) is 50.7. The summed E-state index contributed by atoms with van der Waals surface area (Å²) in [4.78, 5) is 40.1. The molecule has 18 rings (SSSR count). The number of H-pyrrole nitrogens is 4. The highest BCUT2D eigenvalue weighted by Gasteiger charge is 2.32. The fourth-order valence-corrected chi connectivity index (χ4v) is 15.2. The Balaban J connectivity index is 1.04. The lowest BCUT2D eigenvalue weighted by atomic mass is 9.91. The summed E-state index contributed by atoms with van der Waals surface area (Å²) in [6, 6.07) is 93.2. The van der Waals surface area contributed by atoms with Crippen LogP contribution in [0.5, 0.6) is 0 Å². The molecule has 6 aromatic heterocycles. The monoisotopic (exact) mass is 1340 g/mol. The molecule has 10 heterocycles. The van der Waals surface area contributed by atoms with E-state index in [0.717, 1.165) is 201 Å². The van der Waals surface area contributed by atoms with Crippen LogP contribution in [-0.4, -0.2) is 41.3 Å². The van der Waals surface area contributed by atoms with Crippen molar-refractivity contribution in [3.05, 3.63) is 333 Å². The normalized spacial score (nSPS) is 12.5. The van der Waals surface area contributed by atoms with Crippen LogP contribution >= 0.6 is 0 Å². The van der Waals surface area contributed by atoms with Gasteiger partial charge in [0.25, 0.3) is 0 Å². The second-order valence-electron chi connectivity index (χ2n) is 28.3. The summed E-state index contributed by atoms with van der Waals surface area (Å²) >= 11 is 0. The summed E-state index contributed by atoms with van der Waals surface area (Å²) in [6.45, 7) is 17.1. The molecule has 8 heteroatoms. The van der Waals surface area contributed by atoms with Gasteiger partial charge in [-0.05, 0) is 185 Å². The molecule has 4 aliphatic rings. The fraction of sp³-hybridized carbons (Fsp3) is 0.0833. The minimum atomic E-state index is 0.713. The number of aryl methyl sites for hydroxylation is 8. The van der Waals surface area contributed by atoms with Crippen LogP contribution in [0.3, 0.4) is 0 Å². The molecule has 14 aromatic rings. The van der Waals surface area contributed by atoms with Crippen LogP contribution in [0, 0.1) is 55.4 Å². The maximum absolute atomic E-state index is 6.23. The lowest BCUT2D eigenvalue weighted by Gasteiger charge is -2.13. The molecular weight excluding hydrogens is 1270 g/mol. The highest BCUT2D eigenvalue weighted by atomic mass is 14.9. The fourth-order valence-electron chi connectivity index (χ4n) is 15.2. The van der Waals surface area contributed by atoms with Crippen LogP contribution in [-0.2, 0) is 0 Å². The van der Waals surface area contributed by atoms with Gasteiger partial charge in [-0.3, -0.25) is 0 Å². The van der Waals surface area contributed by atoms with Crippen molar-refractivity contribution < 1.29 is 0 Å². The van der Waals surface area contributed by atoms with Crippen LogP contribution < -0.4 is 0 Å². The predicted molar refractivity (Wildman–Crippen MR) is 438 cm³/mol. The molecule has 498 valence electrons. The molecule has 0 atom stereocenters. The van der Waals surface area contributed by atoms with Crippen molar-refractivity contribution in [3.8, 4) is 89.0 Å². The van der Waals surface area contributed by atoms with Gasteiger partial charge >= 0.3 is 0 Å². The van der Waals surface area contributed by atoms with E-state index < -0.39 is 0 Å². The third kappa shape index (κ3) is 11.5. The van der Waals surface area contributed by atoms with E-state index in [1.165, 1.54) is 22.3 Å². The van der Waals surface area contributed by atoms with Gasteiger partial charge in [0.1, 0.15) is 0 Å². The van der Waals surface area contributed by atoms with Gasteiger partial charge in [0, 0.05) is 99.8 Å². The van der Waals surface area contributed by atoms with Gasteiger partial charge in [-0.1, -0.05) is 239 Å². The lowest BCUT2D eigenvalue weighted by molar-refractivity contribution is 1.31. The van der Waals surface area contributed by atoms with Crippen molar-refractivity contribution in [2.24, 2.45) is 9.98 Å². The zero-order valence-corrected chi connectivity index (χ0v) is 59.3. The molecule has 0 aliphatic carbocycles. The van der Waals surface area contributed by atoms with Crippen LogP contribution in [0.1, 0.15) is 78.4 Å². The maximum Gasteiger partial charge on any atom is 0.0980 e. The Kier molecular flexibility index (Phi) is 15.5. The average molecular weight is 1340 g/mol. The summed E-state index contributed by atoms with van der Waals surface area (Å²) in [5, 5.41) is 0. The Morgan fingerprint density at radius 1 is 0.192 bits per heavy atom. The summed E-state index contributed by atoms with van der Waals surface area (Å²) in [5.74, 6) is 0. The minimum Gasteiger partial charge on any atom is -0.354 e. The summed E-state index contributed by atoms with van der Waals surface area (Å²) in [5.41, 5.74) is 40.8. The highest BCUT2D eigenvalue weighted by molar-refractivity contribution is 6.58. The van der Waals surface area contributed by atoms with E-state index in [0.29, 0.717) is 11.4 Å². The van der Waals surface area contributed by atoms with Crippen LogP contribution in [0.25, 0.3) is 157 Å². The van der Waals surface area contributed by atoms with Crippen LogP contribution in [0.15, 0.2) is 265 Å². The molecule has 104 heavy (non-hydrogen) atoms. The molecule has 0 fully saturated rings. The van der Waals surface area contributed by atoms with Crippen molar-refractivity contribution in [1.29, 1.82) is 0 Å². The number of nitrogens with zero attached hydrogens (tertiary/aromatic N) is 4. The Morgan fingerprint density at radius 2 is 0.365 bits per heavy atom. The van der Waals surface area contributed by atoms with Gasteiger partial charge in [-0.25, -0.2) is 20.0 Å². The summed E-state index contributed by atoms with van der Waals surface area (Å²) < 4.78 is 0. The Morgan fingerprint density at radius 3 is 0.577 bits per heavy atom. The van der Waals surface area contributed by atoms with E-state index in [1.807, 2.05) is 0 Å². The minimum absolute atomic E-state index is 0.713. The number of benzene rings is 8.